The van der Waals surface area contributed by atoms with E-state index >= 15 is 0 Å². The van der Waals surface area contributed by atoms with E-state index in [0.29, 0.717) is 0 Å². The molecule has 18 heavy (non-hydrogen) atoms. The Morgan fingerprint density at radius 1 is 0.556 bits per heavy atom. The topological polar surface area (TPSA) is 202 Å². The first-order valence-electron chi connectivity index (χ1n) is 2.31. The molecule has 7 N–H and O–H groups in total. The van der Waals surface area contributed by atoms with Gasteiger partial charge in [0.2, 0.25) is 0 Å². The molecule has 0 aliphatic heterocycles. The fraction of sp³-hybridized carbons (Fsp3) is 0. The van der Waals surface area contributed by atoms with E-state index in [1.165, 1.54) is 0 Å². The van der Waals surface area contributed by atoms with Crippen LogP contribution in [0.4, 0.5) is 0 Å². The minimum absolute atomic E-state index is 0. The molecule has 0 bridgehead atoms. The van der Waals surface area contributed by atoms with Crippen LogP contribution < -0.4 is 0 Å². The van der Waals surface area contributed by atoms with Crippen LogP contribution in [0.15, 0.2) is 0 Å². The molecule has 0 aliphatic rings. The zero-order chi connectivity index (χ0) is 12.2. The summed E-state index contributed by atoms with van der Waals surface area (Å²) in [5.41, 5.74) is 0. The summed E-state index contributed by atoms with van der Waals surface area (Å²) in [5, 5.41) is 0. The van der Waals surface area contributed by atoms with Crippen LogP contribution in [-0.2, 0) is 18.0 Å². The molecule has 0 radical (unpaired) electrons. The van der Waals surface area contributed by atoms with Crippen molar-refractivity contribution in [2.75, 3.05) is 0 Å². The number of rotatable bonds is 2. The van der Waals surface area contributed by atoms with Crippen molar-refractivity contribution in [2.24, 2.45) is 0 Å². The summed E-state index contributed by atoms with van der Waals surface area (Å²) in [6.45, 7) is 0. The normalized spacial score (nSPS) is 10.2. The average molecular weight is 444 g/mol. The van der Waals surface area contributed by atoms with E-state index in [1.807, 2.05) is 0 Å². The molecule has 0 rings (SSSR count). The Bertz CT molecular complexity index is 267. The molecule has 0 heterocycles. The fourth-order valence-corrected chi connectivity index (χ4v) is 1.25. The number of hydrogen-bond donors (Lipinski definition) is 7. The summed E-state index contributed by atoms with van der Waals surface area (Å²) >= 11 is 0. The van der Waals surface area contributed by atoms with Gasteiger partial charge in [-0.05, 0) is 0 Å². The van der Waals surface area contributed by atoms with Gasteiger partial charge in [-0.25, -0.2) is 13.7 Å². The first-order chi connectivity index (χ1) is 5.71. The molecule has 0 amide bonds. The fourth-order valence-electron chi connectivity index (χ4n) is 0.139. The SMILES string of the molecule is O=P(O)(O)O.O=P(O)(O)OP(=O)(O)O.[CaH2].[CaH2].[CaH2].[CaH2]. The second-order valence-corrected chi connectivity index (χ2v) is 5.22. The van der Waals surface area contributed by atoms with Crippen LogP contribution in [0.25, 0.3) is 0 Å². The van der Waals surface area contributed by atoms with Gasteiger partial charge in [0.1, 0.15) is 0 Å². The van der Waals surface area contributed by atoms with Gasteiger partial charge in [0, 0.05) is 0 Å². The number of phosphoric acid groups is 3. The Balaban J connectivity index is -0.0000000359. The Morgan fingerprint density at radius 3 is 0.667 bits per heavy atom. The van der Waals surface area contributed by atoms with Crippen molar-refractivity contribution in [1.29, 1.82) is 0 Å². The molecule has 0 saturated carbocycles. The van der Waals surface area contributed by atoms with Crippen LogP contribution >= 0.6 is 23.5 Å². The summed E-state index contributed by atoms with van der Waals surface area (Å²) in [6, 6.07) is 0. The molecule has 0 unspecified atom stereocenters. The maximum absolute atomic E-state index is 9.63. The molecule has 0 fully saturated rings. The van der Waals surface area contributed by atoms with Crippen molar-refractivity contribution >= 4 is 174 Å². The van der Waals surface area contributed by atoms with Gasteiger partial charge in [-0.2, -0.15) is 4.31 Å². The summed E-state index contributed by atoms with van der Waals surface area (Å²) < 4.78 is 31.1. The van der Waals surface area contributed by atoms with E-state index in [-0.39, 0.29) is 151 Å². The Morgan fingerprint density at radius 2 is 0.667 bits per heavy atom. The third-order valence-corrected chi connectivity index (χ3v) is 1.91. The van der Waals surface area contributed by atoms with Crippen molar-refractivity contribution in [2.45, 2.75) is 0 Å². The Hall–Kier alpha value is 5.41. The molecule has 18 heteroatoms. The number of hydrogen-bond acceptors (Lipinski definition) is 4. The van der Waals surface area contributed by atoms with Crippen LogP contribution in [0.1, 0.15) is 0 Å². The summed E-state index contributed by atoms with van der Waals surface area (Å²) in [4.78, 5) is 52.6. The maximum atomic E-state index is 9.63. The van der Waals surface area contributed by atoms with Crippen molar-refractivity contribution in [1.82, 2.24) is 0 Å². The summed E-state index contributed by atoms with van der Waals surface area (Å²) in [5.74, 6) is 0. The second kappa shape index (κ2) is 17.2. The van der Waals surface area contributed by atoms with Gasteiger partial charge in [-0.3, -0.25) is 0 Å². The summed E-state index contributed by atoms with van der Waals surface area (Å²) in [7, 11) is -14.7. The van der Waals surface area contributed by atoms with Crippen molar-refractivity contribution < 1.29 is 52.3 Å². The predicted octanol–water partition coefficient (Wildman–Crippen LogP) is -5.40. The van der Waals surface area contributed by atoms with Crippen LogP contribution in [0.2, 0.25) is 0 Å². The van der Waals surface area contributed by atoms with Gasteiger partial charge >= 0.3 is 174 Å². The van der Waals surface area contributed by atoms with Gasteiger partial charge in [0.25, 0.3) is 0 Å². The molecule has 0 aliphatic carbocycles. The van der Waals surface area contributed by atoms with Crippen LogP contribution in [-0.4, -0.2) is 185 Å². The molecule has 0 saturated heterocycles. The summed E-state index contributed by atoms with van der Waals surface area (Å²) in [6.07, 6.45) is 0. The first kappa shape index (κ1) is 38.8. The molecule has 0 atom stereocenters. The van der Waals surface area contributed by atoms with Crippen LogP contribution in [0, 0.1) is 0 Å². The third kappa shape index (κ3) is 68.5. The Kier molecular flexibility index (Phi) is 37.1. The predicted molar refractivity (Wildman–Crippen MR) is 73.6 cm³/mol. The molecule has 11 nitrogen and oxygen atoms in total. The quantitative estimate of drug-likeness (QED) is 0.158. The molecule has 0 aromatic carbocycles. The van der Waals surface area contributed by atoms with Crippen molar-refractivity contribution in [3.05, 3.63) is 0 Å². The monoisotopic (exact) mass is 444 g/mol. The molecule has 104 valence electrons. The van der Waals surface area contributed by atoms with Crippen LogP contribution in [0.3, 0.4) is 0 Å². The molecule has 0 aromatic heterocycles. The van der Waals surface area contributed by atoms with E-state index in [1.54, 1.807) is 0 Å². The van der Waals surface area contributed by atoms with Crippen molar-refractivity contribution in [3.63, 3.8) is 0 Å². The standard InChI is InChI=1S/4Ca.H4O7P2.H3O4P.8H/c;;;;1-8(2,3)7-9(4,5)6;1-5(2,3)4;;;;;;;;/h;;;;(H2,1,2,3)(H2,4,5,6);(H3,1,2,3,4);;;;;;;;. The molecule has 0 spiro atoms. The Labute approximate surface area is 221 Å². The van der Waals surface area contributed by atoms with Gasteiger partial charge in [0.15, 0.2) is 0 Å². The van der Waals surface area contributed by atoms with Gasteiger partial charge in [-0.1, -0.05) is 0 Å². The molecular weight excluding hydrogens is 429 g/mol. The van der Waals surface area contributed by atoms with E-state index in [4.69, 9.17) is 38.8 Å². The zero-order valence-corrected chi connectivity index (χ0v) is 8.79. The van der Waals surface area contributed by atoms with E-state index in [0.717, 1.165) is 0 Å². The van der Waals surface area contributed by atoms with E-state index in [9.17, 15) is 9.13 Å². The van der Waals surface area contributed by atoms with E-state index < -0.39 is 23.5 Å². The second-order valence-electron chi connectivity index (χ2n) is 1.58. The van der Waals surface area contributed by atoms with Crippen molar-refractivity contribution in [3.8, 4) is 0 Å². The zero-order valence-electron chi connectivity index (χ0n) is 6.11. The average Bonchev–Trinajstić information content (AvgIpc) is 1.42. The minimum atomic E-state index is -5.05. The van der Waals surface area contributed by atoms with Gasteiger partial charge in [0.05, 0.1) is 0 Å². The third-order valence-electron chi connectivity index (χ3n) is 0.213. The van der Waals surface area contributed by atoms with Crippen LogP contribution in [0.5, 0.6) is 0 Å². The molecular formula is H15Ca4O11P3. The molecule has 0 aromatic rings. The first-order valence-corrected chi connectivity index (χ1v) is 6.94. The van der Waals surface area contributed by atoms with Gasteiger partial charge < -0.3 is 34.3 Å². The van der Waals surface area contributed by atoms with E-state index in [2.05, 4.69) is 4.31 Å². The van der Waals surface area contributed by atoms with Gasteiger partial charge in [-0.15, -0.1) is 0 Å².